The predicted octanol–water partition coefficient (Wildman–Crippen LogP) is 4.87. The van der Waals surface area contributed by atoms with Crippen LogP contribution in [0, 0.1) is 11.8 Å². The third kappa shape index (κ3) is 2.29. The fourth-order valence-electron chi connectivity index (χ4n) is 2.82. The summed E-state index contributed by atoms with van der Waals surface area (Å²) < 4.78 is 7.22. The molecule has 0 saturated carbocycles. The smallest absolute Gasteiger partial charge is 0.287 e. The Balaban J connectivity index is 2.09. The van der Waals surface area contributed by atoms with E-state index >= 15 is 0 Å². The molecule has 2 aromatic carbocycles. The monoisotopic (exact) mass is 321 g/mol. The topological polar surface area (TPSA) is 46.8 Å². The van der Waals surface area contributed by atoms with Gasteiger partial charge in [0.15, 0.2) is 0 Å². The van der Waals surface area contributed by atoms with Crippen LogP contribution in [0.25, 0.3) is 33.6 Å². The minimum atomic E-state index is 0.355. The number of aryl methyl sites for hydroxylation is 2. The number of hydrogen-bond acceptors (Lipinski definition) is 3. The van der Waals surface area contributed by atoms with Crippen LogP contribution in [-0.4, -0.2) is 14.8 Å². The summed E-state index contributed by atoms with van der Waals surface area (Å²) in [7, 11) is 1.78. The van der Waals surface area contributed by atoms with Crippen LogP contribution in [-0.2, 0) is 7.05 Å². The van der Waals surface area contributed by atoms with E-state index in [1.807, 2.05) is 18.2 Å². The number of rotatable bonds is 2. The van der Waals surface area contributed by atoms with Gasteiger partial charge in [-0.25, -0.2) is 4.68 Å². The SMILES string of the molecule is Cc1ccc2[nH]c(-c3nn(C)c(=S)o3)c(-c3ccccc3)c2c1. The van der Waals surface area contributed by atoms with E-state index in [-0.39, 0.29) is 0 Å². The summed E-state index contributed by atoms with van der Waals surface area (Å²) in [5.74, 6) is 0.505. The van der Waals surface area contributed by atoms with E-state index in [1.54, 1.807) is 11.7 Å². The van der Waals surface area contributed by atoms with Crippen molar-refractivity contribution < 1.29 is 4.42 Å². The molecule has 2 heterocycles. The Morgan fingerprint density at radius 3 is 2.61 bits per heavy atom. The van der Waals surface area contributed by atoms with E-state index in [0.29, 0.717) is 10.7 Å². The van der Waals surface area contributed by atoms with Crippen molar-refractivity contribution in [2.75, 3.05) is 0 Å². The lowest BCUT2D eigenvalue weighted by atomic mass is 10.0. The number of aromatic nitrogens is 3. The van der Waals surface area contributed by atoms with Crippen molar-refractivity contribution in [2.24, 2.45) is 7.05 Å². The number of hydrogen-bond donors (Lipinski definition) is 1. The summed E-state index contributed by atoms with van der Waals surface area (Å²) in [6, 6.07) is 16.6. The molecule has 0 unspecified atom stereocenters. The lowest BCUT2D eigenvalue weighted by Crippen LogP contribution is -1.90. The maximum Gasteiger partial charge on any atom is 0.287 e. The molecule has 0 bridgehead atoms. The summed E-state index contributed by atoms with van der Waals surface area (Å²) in [4.78, 5) is 3.79. The Hall–Kier alpha value is -2.66. The molecule has 0 fully saturated rings. The van der Waals surface area contributed by atoms with Gasteiger partial charge in [0, 0.05) is 23.5 Å². The molecule has 4 aromatic rings. The molecule has 0 saturated heterocycles. The van der Waals surface area contributed by atoms with E-state index in [0.717, 1.165) is 27.7 Å². The van der Waals surface area contributed by atoms with Crippen LogP contribution in [0.5, 0.6) is 0 Å². The second-order valence-electron chi connectivity index (χ2n) is 5.59. The summed E-state index contributed by atoms with van der Waals surface area (Å²) in [6.07, 6.45) is 0. The first kappa shape index (κ1) is 14.0. The van der Waals surface area contributed by atoms with Crippen molar-refractivity contribution in [2.45, 2.75) is 6.92 Å². The summed E-state index contributed by atoms with van der Waals surface area (Å²) >= 11 is 5.16. The van der Waals surface area contributed by atoms with E-state index in [2.05, 4.69) is 47.3 Å². The van der Waals surface area contributed by atoms with Crippen molar-refractivity contribution in [3.05, 3.63) is 58.9 Å². The van der Waals surface area contributed by atoms with E-state index in [1.165, 1.54) is 5.56 Å². The Bertz CT molecular complexity index is 1060. The molecule has 0 aliphatic heterocycles. The molecule has 0 amide bonds. The van der Waals surface area contributed by atoms with E-state index < -0.39 is 0 Å². The summed E-state index contributed by atoms with van der Waals surface area (Å²) in [6.45, 7) is 2.09. The highest BCUT2D eigenvalue weighted by Crippen LogP contribution is 2.38. The number of H-pyrrole nitrogens is 1. The highest BCUT2D eigenvalue weighted by molar-refractivity contribution is 7.71. The van der Waals surface area contributed by atoms with Gasteiger partial charge in [-0.05, 0) is 36.8 Å². The Kier molecular flexibility index (Phi) is 3.16. The van der Waals surface area contributed by atoms with E-state index in [4.69, 9.17) is 16.6 Å². The second-order valence-corrected chi connectivity index (χ2v) is 5.94. The Morgan fingerprint density at radius 2 is 1.91 bits per heavy atom. The molecule has 114 valence electrons. The molecule has 4 nitrogen and oxygen atoms in total. The van der Waals surface area contributed by atoms with Crippen LogP contribution < -0.4 is 0 Å². The van der Waals surface area contributed by atoms with Crippen molar-refractivity contribution in [1.29, 1.82) is 0 Å². The first-order chi connectivity index (χ1) is 11.1. The minimum Gasteiger partial charge on any atom is -0.408 e. The third-order valence-electron chi connectivity index (χ3n) is 3.92. The number of aromatic amines is 1. The molecule has 5 heteroatoms. The quantitative estimate of drug-likeness (QED) is 0.536. The lowest BCUT2D eigenvalue weighted by molar-refractivity contribution is 0.533. The van der Waals surface area contributed by atoms with Crippen molar-refractivity contribution in [1.82, 2.24) is 14.8 Å². The number of nitrogens with one attached hydrogen (secondary N) is 1. The van der Waals surface area contributed by atoms with Gasteiger partial charge in [0.1, 0.15) is 5.69 Å². The highest BCUT2D eigenvalue weighted by atomic mass is 32.1. The first-order valence-electron chi connectivity index (χ1n) is 7.36. The number of benzene rings is 2. The molecule has 0 atom stereocenters. The van der Waals surface area contributed by atoms with Crippen LogP contribution in [0.15, 0.2) is 52.9 Å². The average Bonchev–Trinajstić information content (AvgIpc) is 3.08. The lowest BCUT2D eigenvalue weighted by Gasteiger charge is -2.02. The first-order valence-corrected chi connectivity index (χ1v) is 7.76. The zero-order valence-corrected chi connectivity index (χ0v) is 13.6. The van der Waals surface area contributed by atoms with Crippen LogP contribution in [0.2, 0.25) is 0 Å². The molecule has 4 rings (SSSR count). The van der Waals surface area contributed by atoms with E-state index in [9.17, 15) is 0 Å². The Morgan fingerprint density at radius 1 is 1.13 bits per heavy atom. The standard InChI is InChI=1S/C18H15N3OS/c1-11-8-9-14-13(10-11)15(12-6-4-3-5-7-12)16(19-14)17-20-21(2)18(23)22-17/h3-10,19H,1-2H3. The van der Waals surface area contributed by atoms with Gasteiger partial charge >= 0.3 is 0 Å². The normalized spacial score (nSPS) is 11.2. The molecule has 1 N–H and O–H groups in total. The van der Waals surface area contributed by atoms with Crippen LogP contribution in [0.1, 0.15) is 5.56 Å². The maximum atomic E-state index is 5.66. The van der Waals surface area contributed by atoms with Gasteiger partial charge in [-0.15, -0.1) is 5.10 Å². The molecule has 0 aliphatic rings. The van der Waals surface area contributed by atoms with Gasteiger partial charge in [-0.1, -0.05) is 42.0 Å². The molecule has 0 spiro atoms. The van der Waals surface area contributed by atoms with Gasteiger partial charge in [-0.3, -0.25) is 0 Å². The van der Waals surface area contributed by atoms with Gasteiger partial charge < -0.3 is 9.40 Å². The highest BCUT2D eigenvalue weighted by Gasteiger charge is 2.19. The second kappa shape index (κ2) is 5.21. The van der Waals surface area contributed by atoms with Crippen LogP contribution in [0.4, 0.5) is 0 Å². The molecule has 0 aliphatic carbocycles. The van der Waals surface area contributed by atoms with Crippen molar-refractivity contribution >= 4 is 23.1 Å². The number of fused-ring (bicyclic) bond motifs is 1. The summed E-state index contributed by atoms with van der Waals surface area (Å²) in [5, 5.41) is 5.55. The third-order valence-corrected chi connectivity index (χ3v) is 4.27. The zero-order valence-electron chi connectivity index (χ0n) is 12.8. The van der Waals surface area contributed by atoms with Crippen LogP contribution in [0.3, 0.4) is 0 Å². The van der Waals surface area contributed by atoms with Gasteiger partial charge in [-0.2, -0.15) is 0 Å². The molecular weight excluding hydrogens is 306 g/mol. The predicted molar refractivity (Wildman–Crippen MR) is 93.8 cm³/mol. The van der Waals surface area contributed by atoms with Gasteiger partial charge in [0.05, 0.1) is 0 Å². The molecular formula is C18H15N3OS. The molecule has 0 radical (unpaired) electrons. The minimum absolute atomic E-state index is 0.355. The molecule has 23 heavy (non-hydrogen) atoms. The average molecular weight is 321 g/mol. The largest absolute Gasteiger partial charge is 0.408 e. The maximum absolute atomic E-state index is 5.66. The van der Waals surface area contributed by atoms with Crippen LogP contribution >= 0.6 is 12.2 Å². The fraction of sp³-hybridized carbons (Fsp3) is 0.111. The van der Waals surface area contributed by atoms with Gasteiger partial charge in [0.25, 0.3) is 10.7 Å². The van der Waals surface area contributed by atoms with Gasteiger partial charge in [0.2, 0.25) is 0 Å². The number of nitrogens with zero attached hydrogens (tertiary/aromatic N) is 2. The Labute approximate surface area is 138 Å². The van der Waals surface area contributed by atoms with Crippen molar-refractivity contribution in [3.8, 4) is 22.7 Å². The fourth-order valence-corrected chi connectivity index (χ4v) is 2.94. The van der Waals surface area contributed by atoms with Crippen molar-refractivity contribution in [3.63, 3.8) is 0 Å². The summed E-state index contributed by atoms with van der Waals surface area (Å²) in [5.41, 5.74) is 5.31. The molecule has 2 aromatic heterocycles. The zero-order chi connectivity index (χ0) is 16.0.